The fraction of sp³-hybridized carbons (Fsp3) is 0.500. The Balaban J connectivity index is 3.46. The SMILES string of the molecule is C/N=[C]/C=C(C)C. The van der Waals surface area contributed by atoms with Crippen LogP contribution in [0.25, 0.3) is 0 Å². The zero-order valence-corrected chi connectivity index (χ0v) is 5.02. The lowest BCUT2D eigenvalue weighted by molar-refractivity contribution is 1.40. The standard InChI is InChI=1S/C6H10N/c1-6(2)4-5-7-3/h4H,1-3H3. The van der Waals surface area contributed by atoms with E-state index in [0.717, 1.165) is 0 Å². The van der Waals surface area contributed by atoms with Crippen LogP contribution in [-0.4, -0.2) is 13.3 Å². The average molecular weight is 96.2 g/mol. The van der Waals surface area contributed by atoms with Gasteiger partial charge in [-0.3, -0.25) is 4.99 Å². The van der Waals surface area contributed by atoms with Gasteiger partial charge >= 0.3 is 0 Å². The van der Waals surface area contributed by atoms with E-state index >= 15 is 0 Å². The molecular weight excluding hydrogens is 86.1 g/mol. The Morgan fingerprint density at radius 2 is 2.14 bits per heavy atom. The van der Waals surface area contributed by atoms with E-state index < -0.39 is 0 Å². The Hall–Kier alpha value is -0.590. The first-order chi connectivity index (χ1) is 3.27. The minimum absolute atomic E-state index is 1.23. The number of nitrogens with zero attached hydrogens (tertiary/aromatic N) is 1. The molecular formula is C6H10N. The maximum absolute atomic E-state index is 3.65. The van der Waals surface area contributed by atoms with Gasteiger partial charge in [-0.1, -0.05) is 5.57 Å². The number of hydrogen-bond donors (Lipinski definition) is 0. The van der Waals surface area contributed by atoms with Crippen LogP contribution in [0.3, 0.4) is 0 Å². The third kappa shape index (κ3) is 5.41. The van der Waals surface area contributed by atoms with Crippen LogP contribution in [0.1, 0.15) is 13.8 Å². The van der Waals surface area contributed by atoms with E-state index in [2.05, 4.69) is 11.2 Å². The first kappa shape index (κ1) is 6.41. The van der Waals surface area contributed by atoms with Crippen molar-refractivity contribution in [3.63, 3.8) is 0 Å². The second-order valence-electron chi connectivity index (χ2n) is 1.57. The topological polar surface area (TPSA) is 12.4 Å². The quantitative estimate of drug-likeness (QED) is 0.439. The molecule has 0 unspecified atom stereocenters. The summed E-state index contributed by atoms with van der Waals surface area (Å²) in [5.41, 5.74) is 1.23. The number of allylic oxidation sites excluding steroid dienone is 2. The van der Waals surface area contributed by atoms with Crippen LogP contribution in [0.5, 0.6) is 0 Å². The van der Waals surface area contributed by atoms with Crippen LogP contribution in [0.4, 0.5) is 0 Å². The van der Waals surface area contributed by atoms with Gasteiger partial charge in [0.1, 0.15) is 0 Å². The second kappa shape index (κ2) is 3.59. The van der Waals surface area contributed by atoms with E-state index in [1.165, 1.54) is 5.57 Å². The molecule has 0 aliphatic carbocycles. The van der Waals surface area contributed by atoms with Crippen LogP contribution < -0.4 is 0 Å². The van der Waals surface area contributed by atoms with Crippen LogP contribution in [0, 0.1) is 0 Å². The average Bonchev–Trinajstić information content (AvgIpc) is 1.61. The zero-order chi connectivity index (χ0) is 5.70. The Bertz CT molecular complexity index is 86.4. The Morgan fingerprint density at radius 3 is 2.29 bits per heavy atom. The number of hydrogen-bond acceptors (Lipinski definition) is 1. The Labute approximate surface area is 44.8 Å². The van der Waals surface area contributed by atoms with Crippen LogP contribution in [0.15, 0.2) is 16.6 Å². The van der Waals surface area contributed by atoms with Gasteiger partial charge in [0.2, 0.25) is 0 Å². The summed E-state index contributed by atoms with van der Waals surface area (Å²) in [7, 11) is 1.71. The highest BCUT2D eigenvalue weighted by molar-refractivity contribution is 5.71. The van der Waals surface area contributed by atoms with E-state index in [-0.39, 0.29) is 0 Å². The molecule has 0 aromatic carbocycles. The molecule has 0 N–H and O–H groups in total. The van der Waals surface area contributed by atoms with Crippen molar-refractivity contribution in [2.75, 3.05) is 7.05 Å². The maximum atomic E-state index is 3.65. The maximum Gasteiger partial charge on any atom is 0.0822 e. The first-order valence-corrected chi connectivity index (χ1v) is 2.25. The molecule has 39 valence electrons. The monoisotopic (exact) mass is 96.1 g/mol. The van der Waals surface area contributed by atoms with E-state index in [1.807, 2.05) is 19.9 Å². The third-order valence-corrected chi connectivity index (χ3v) is 0.482. The summed E-state index contributed by atoms with van der Waals surface area (Å²) in [5.74, 6) is 0. The molecule has 0 amide bonds. The molecule has 0 saturated carbocycles. The van der Waals surface area contributed by atoms with Gasteiger partial charge < -0.3 is 0 Å². The molecule has 7 heavy (non-hydrogen) atoms. The lowest BCUT2D eigenvalue weighted by Crippen LogP contribution is -1.65. The molecule has 0 rings (SSSR count). The van der Waals surface area contributed by atoms with Gasteiger partial charge in [0, 0.05) is 7.05 Å². The predicted octanol–water partition coefficient (Wildman–Crippen LogP) is 1.53. The molecule has 0 heterocycles. The molecule has 0 aromatic rings. The molecule has 0 fully saturated rings. The van der Waals surface area contributed by atoms with Gasteiger partial charge in [-0.25, -0.2) is 0 Å². The minimum atomic E-state index is 1.23. The van der Waals surface area contributed by atoms with Gasteiger partial charge in [-0.2, -0.15) is 0 Å². The fourth-order valence-corrected chi connectivity index (χ4v) is 0.194. The van der Waals surface area contributed by atoms with Crippen LogP contribution >= 0.6 is 0 Å². The first-order valence-electron chi connectivity index (χ1n) is 2.25. The van der Waals surface area contributed by atoms with E-state index in [4.69, 9.17) is 0 Å². The molecule has 1 radical (unpaired) electrons. The van der Waals surface area contributed by atoms with Crippen molar-refractivity contribution in [2.45, 2.75) is 13.8 Å². The molecule has 0 atom stereocenters. The predicted molar refractivity (Wildman–Crippen MR) is 32.8 cm³/mol. The van der Waals surface area contributed by atoms with Gasteiger partial charge in [-0.05, 0) is 19.9 Å². The van der Waals surface area contributed by atoms with Gasteiger partial charge in [-0.15, -0.1) is 0 Å². The van der Waals surface area contributed by atoms with Gasteiger partial charge in [0.25, 0.3) is 0 Å². The fourth-order valence-electron chi connectivity index (χ4n) is 0.194. The van der Waals surface area contributed by atoms with Crippen molar-refractivity contribution in [3.8, 4) is 0 Å². The lowest BCUT2D eigenvalue weighted by Gasteiger charge is -1.76. The largest absolute Gasteiger partial charge is 0.286 e. The van der Waals surface area contributed by atoms with Crippen molar-refractivity contribution in [1.29, 1.82) is 0 Å². The summed E-state index contributed by atoms with van der Waals surface area (Å²) in [6.45, 7) is 4.02. The van der Waals surface area contributed by atoms with Crippen LogP contribution in [-0.2, 0) is 0 Å². The summed E-state index contributed by atoms with van der Waals surface area (Å²) in [5, 5.41) is 0. The van der Waals surface area contributed by atoms with Crippen molar-refractivity contribution in [3.05, 3.63) is 11.6 Å². The molecule has 1 heteroatoms. The normalized spacial score (nSPS) is 9.57. The second-order valence-corrected chi connectivity index (χ2v) is 1.57. The number of aliphatic imine (C=N–C) groups is 1. The summed E-state index contributed by atoms with van der Waals surface area (Å²) >= 11 is 0. The van der Waals surface area contributed by atoms with Crippen molar-refractivity contribution in [1.82, 2.24) is 0 Å². The van der Waals surface area contributed by atoms with Gasteiger partial charge in [0.15, 0.2) is 0 Å². The van der Waals surface area contributed by atoms with Crippen molar-refractivity contribution in [2.24, 2.45) is 4.99 Å². The Morgan fingerprint density at radius 1 is 1.57 bits per heavy atom. The highest BCUT2D eigenvalue weighted by Crippen LogP contribution is 1.82. The lowest BCUT2D eigenvalue weighted by atomic mass is 10.3. The highest BCUT2D eigenvalue weighted by atomic mass is 14.6. The summed E-state index contributed by atoms with van der Waals surface area (Å²) in [6, 6.07) is 0. The molecule has 0 aliphatic heterocycles. The molecule has 0 spiro atoms. The number of rotatable bonds is 1. The molecule has 0 aliphatic rings. The molecule has 1 nitrogen and oxygen atoms in total. The zero-order valence-electron chi connectivity index (χ0n) is 5.02. The van der Waals surface area contributed by atoms with E-state index in [1.54, 1.807) is 7.05 Å². The Kier molecular flexibility index (Phi) is 3.29. The molecule has 0 bridgehead atoms. The minimum Gasteiger partial charge on any atom is -0.286 e. The van der Waals surface area contributed by atoms with Gasteiger partial charge in [0.05, 0.1) is 6.21 Å². The van der Waals surface area contributed by atoms with E-state index in [0.29, 0.717) is 0 Å². The molecule has 0 aromatic heterocycles. The smallest absolute Gasteiger partial charge is 0.0822 e. The van der Waals surface area contributed by atoms with Crippen LogP contribution in [0.2, 0.25) is 0 Å². The summed E-state index contributed by atoms with van der Waals surface area (Å²) < 4.78 is 0. The highest BCUT2D eigenvalue weighted by Gasteiger charge is 1.67. The van der Waals surface area contributed by atoms with Crippen molar-refractivity contribution >= 4 is 6.21 Å². The van der Waals surface area contributed by atoms with E-state index in [9.17, 15) is 0 Å². The summed E-state index contributed by atoms with van der Waals surface area (Å²) in [4.78, 5) is 3.65. The third-order valence-electron chi connectivity index (χ3n) is 0.482. The van der Waals surface area contributed by atoms with Crippen molar-refractivity contribution < 1.29 is 0 Å². The summed E-state index contributed by atoms with van der Waals surface area (Å²) in [6.07, 6.45) is 4.56. The molecule has 0 saturated heterocycles.